The van der Waals surface area contributed by atoms with E-state index in [9.17, 15) is 0 Å². The molecule has 1 nitrogen and oxygen atoms in total. The molecule has 0 atom stereocenters. The average molecular weight is 257 g/mol. The van der Waals surface area contributed by atoms with Gasteiger partial charge in [0.1, 0.15) is 5.03 Å². The van der Waals surface area contributed by atoms with Crippen molar-refractivity contribution in [3.8, 4) is 0 Å². The first kappa shape index (κ1) is 13.2. The minimum Gasteiger partial charge on any atom is -0.249 e. The molecule has 0 aliphatic rings. The molecule has 0 radical (unpaired) electrons. The van der Waals surface area contributed by atoms with Crippen LogP contribution in [0.2, 0.25) is 0 Å². The quantitative estimate of drug-likeness (QED) is 0.763. The maximum absolute atomic E-state index is 4.41. The topological polar surface area (TPSA) is 12.9 Å². The number of pyridine rings is 1. The van der Waals surface area contributed by atoms with Gasteiger partial charge in [-0.3, -0.25) is 0 Å². The molecular weight excluding hydrogens is 238 g/mol. The van der Waals surface area contributed by atoms with E-state index in [1.54, 1.807) is 11.8 Å². The Labute approximate surface area is 114 Å². The van der Waals surface area contributed by atoms with Crippen LogP contribution in [0.25, 0.3) is 0 Å². The van der Waals surface area contributed by atoms with Crippen LogP contribution in [0.15, 0.2) is 52.5 Å². The van der Waals surface area contributed by atoms with Crippen LogP contribution in [0, 0.1) is 6.92 Å². The molecule has 18 heavy (non-hydrogen) atoms. The maximum atomic E-state index is 4.41. The van der Waals surface area contributed by atoms with Crippen molar-refractivity contribution in [3.63, 3.8) is 0 Å². The van der Waals surface area contributed by atoms with Gasteiger partial charge >= 0.3 is 0 Å². The smallest absolute Gasteiger partial charge is 0.104 e. The number of nitrogens with zero attached hydrogens (tertiary/aromatic N) is 1. The summed E-state index contributed by atoms with van der Waals surface area (Å²) in [4.78, 5) is 5.65. The monoisotopic (exact) mass is 257 g/mol. The van der Waals surface area contributed by atoms with E-state index >= 15 is 0 Å². The Morgan fingerprint density at radius 1 is 1.00 bits per heavy atom. The molecule has 2 rings (SSSR count). The largest absolute Gasteiger partial charge is 0.249 e. The van der Waals surface area contributed by atoms with E-state index in [0.29, 0.717) is 0 Å². The molecule has 2 heteroatoms. The molecule has 0 spiro atoms. The van der Waals surface area contributed by atoms with Gasteiger partial charge in [-0.25, -0.2) is 4.98 Å². The first-order chi connectivity index (χ1) is 8.47. The SMILES string of the molecule is Cc1cccnc1Sc1ccc(C(C)(C)C)cc1. The van der Waals surface area contributed by atoms with Gasteiger partial charge in [0, 0.05) is 11.1 Å². The molecule has 0 fully saturated rings. The minimum absolute atomic E-state index is 0.212. The number of aryl methyl sites for hydroxylation is 1. The molecule has 1 aromatic carbocycles. The van der Waals surface area contributed by atoms with Gasteiger partial charge in [0.2, 0.25) is 0 Å². The zero-order valence-corrected chi connectivity index (χ0v) is 12.2. The summed E-state index contributed by atoms with van der Waals surface area (Å²) in [6.07, 6.45) is 1.85. The van der Waals surface area contributed by atoms with Crippen molar-refractivity contribution < 1.29 is 0 Å². The van der Waals surface area contributed by atoms with Gasteiger partial charge in [0.25, 0.3) is 0 Å². The molecule has 1 aromatic heterocycles. The van der Waals surface area contributed by atoms with E-state index in [1.807, 2.05) is 12.3 Å². The molecule has 0 aliphatic carbocycles. The van der Waals surface area contributed by atoms with Crippen LogP contribution in [0.3, 0.4) is 0 Å². The van der Waals surface area contributed by atoms with Crippen molar-refractivity contribution in [2.24, 2.45) is 0 Å². The van der Waals surface area contributed by atoms with Crippen molar-refractivity contribution in [1.82, 2.24) is 4.98 Å². The molecule has 0 N–H and O–H groups in total. The summed E-state index contributed by atoms with van der Waals surface area (Å²) in [5, 5.41) is 1.08. The van der Waals surface area contributed by atoms with Crippen molar-refractivity contribution in [3.05, 3.63) is 53.7 Å². The Morgan fingerprint density at radius 2 is 1.67 bits per heavy atom. The van der Waals surface area contributed by atoms with Gasteiger partial charge in [0.15, 0.2) is 0 Å². The molecule has 94 valence electrons. The van der Waals surface area contributed by atoms with E-state index in [-0.39, 0.29) is 5.41 Å². The van der Waals surface area contributed by atoms with Crippen molar-refractivity contribution in [1.29, 1.82) is 0 Å². The fraction of sp³-hybridized carbons (Fsp3) is 0.312. The summed E-state index contributed by atoms with van der Waals surface area (Å²) < 4.78 is 0. The highest BCUT2D eigenvalue weighted by atomic mass is 32.2. The second kappa shape index (κ2) is 5.15. The Kier molecular flexibility index (Phi) is 3.76. The molecule has 0 aliphatic heterocycles. The van der Waals surface area contributed by atoms with Gasteiger partial charge in [-0.15, -0.1) is 0 Å². The van der Waals surface area contributed by atoms with Crippen molar-refractivity contribution >= 4 is 11.8 Å². The van der Waals surface area contributed by atoms with Crippen LogP contribution >= 0.6 is 11.8 Å². The Morgan fingerprint density at radius 3 is 2.22 bits per heavy atom. The number of hydrogen-bond acceptors (Lipinski definition) is 2. The zero-order chi connectivity index (χ0) is 13.2. The summed E-state index contributed by atoms with van der Waals surface area (Å²) in [6.45, 7) is 8.80. The third-order valence-electron chi connectivity index (χ3n) is 2.90. The lowest BCUT2D eigenvalue weighted by Crippen LogP contribution is -2.10. The van der Waals surface area contributed by atoms with Crippen LogP contribution < -0.4 is 0 Å². The maximum Gasteiger partial charge on any atom is 0.104 e. The first-order valence-corrected chi connectivity index (χ1v) is 6.98. The van der Waals surface area contributed by atoms with E-state index < -0.39 is 0 Å². The third-order valence-corrected chi connectivity index (χ3v) is 4.02. The Hall–Kier alpha value is -1.28. The molecule has 0 bridgehead atoms. The fourth-order valence-corrected chi connectivity index (χ4v) is 2.55. The average Bonchev–Trinajstić information content (AvgIpc) is 2.32. The summed E-state index contributed by atoms with van der Waals surface area (Å²) in [7, 11) is 0. The molecule has 1 heterocycles. The fourth-order valence-electron chi connectivity index (χ4n) is 1.71. The van der Waals surface area contributed by atoms with Crippen molar-refractivity contribution in [2.75, 3.05) is 0 Å². The van der Waals surface area contributed by atoms with E-state index in [1.165, 1.54) is 16.0 Å². The lowest BCUT2D eigenvalue weighted by molar-refractivity contribution is 0.590. The summed E-state index contributed by atoms with van der Waals surface area (Å²) >= 11 is 1.72. The van der Waals surface area contributed by atoms with Crippen LogP contribution in [0.5, 0.6) is 0 Å². The Bertz CT molecular complexity index is 524. The van der Waals surface area contributed by atoms with Gasteiger partial charge < -0.3 is 0 Å². The second-order valence-electron chi connectivity index (χ2n) is 5.50. The van der Waals surface area contributed by atoms with Gasteiger partial charge in [-0.2, -0.15) is 0 Å². The third kappa shape index (κ3) is 3.14. The molecule has 0 amide bonds. The standard InChI is InChI=1S/C16H19NS/c1-12-6-5-11-17-15(12)18-14-9-7-13(8-10-14)16(2,3)4/h5-11H,1-4H3. The predicted octanol–water partition coefficient (Wildman–Crippen LogP) is 4.84. The first-order valence-electron chi connectivity index (χ1n) is 6.17. The zero-order valence-electron chi connectivity index (χ0n) is 11.4. The highest BCUT2D eigenvalue weighted by Crippen LogP contribution is 2.30. The van der Waals surface area contributed by atoms with Crippen molar-refractivity contribution in [2.45, 2.75) is 43.0 Å². The molecule has 0 saturated carbocycles. The minimum atomic E-state index is 0.212. The molecular formula is C16H19NS. The summed E-state index contributed by atoms with van der Waals surface area (Å²) in [6, 6.07) is 12.8. The Balaban J connectivity index is 2.19. The number of rotatable bonds is 2. The molecule has 2 aromatic rings. The predicted molar refractivity (Wildman–Crippen MR) is 78.2 cm³/mol. The lowest BCUT2D eigenvalue weighted by Gasteiger charge is -2.19. The number of hydrogen-bond donors (Lipinski definition) is 0. The van der Waals surface area contributed by atoms with E-state index in [2.05, 4.69) is 63.0 Å². The highest BCUT2D eigenvalue weighted by Gasteiger charge is 2.13. The summed E-state index contributed by atoms with van der Waals surface area (Å²) in [5.41, 5.74) is 2.80. The molecule has 0 saturated heterocycles. The number of aromatic nitrogens is 1. The normalized spacial score (nSPS) is 11.6. The van der Waals surface area contributed by atoms with Crippen LogP contribution in [-0.4, -0.2) is 4.98 Å². The van der Waals surface area contributed by atoms with Gasteiger partial charge in [-0.1, -0.05) is 50.7 Å². The van der Waals surface area contributed by atoms with Crippen LogP contribution in [-0.2, 0) is 5.41 Å². The second-order valence-corrected chi connectivity index (χ2v) is 6.56. The van der Waals surface area contributed by atoms with Crippen LogP contribution in [0.4, 0.5) is 0 Å². The van der Waals surface area contributed by atoms with Gasteiger partial charge in [-0.05, 0) is 41.7 Å². The molecule has 0 unspecified atom stereocenters. The van der Waals surface area contributed by atoms with E-state index in [4.69, 9.17) is 0 Å². The van der Waals surface area contributed by atoms with E-state index in [0.717, 1.165) is 5.03 Å². The highest BCUT2D eigenvalue weighted by molar-refractivity contribution is 7.99. The summed E-state index contributed by atoms with van der Waals surface area (Å²) in [5.74, 6) is 0. The number of benzene rings is 1. The van der Waals surface area contributed by atoms with Gasteiger partial charge in [0.05, 0.1) is 0 Å². The van der Waals surface area contributed by atoms with Crippen LogP contribution in [0.1, 0.15) is 31.9 Å². The lowest BCUT2D eigenvalue weighted by atomic mass is 9.87.